The number of benzene rings is 2. The van der Waals surface area contributed by atoms with Crippen LogP contribution in [0.15, 0.2) is 79.3 Å². The van der Waals surface area contributed by atoms with Crippen LogP contribution in [0.4, 0.5) is 0 Å². The van der Waals surface area contributed by atoms with Crippen molar-refractivity contribution in [2.24, 2.45) is 5.92 Å². The summed E-state index contributed by atoms with van der Waals surface area (Å²) in [6, 6.07) is 21.4. The van der Waals surface area contributed by atoms with Crippen LogP contribution in [0.1, 0.15) is 6.92 Å². The molecule has 2 aromatic carbocycles. The average molecular weight is 370 g/mol. The number of nitrogens with zero attached hydrogens (tertiary/aromatic N) is 3. The molecule has 0 aliphatic rings. The minimum atomic E-state index is 0.576. The van der Waals surface area contributed by atoms with Crippen molar-refractivity contribution in [2.45, 2.75) is 13.5 Å². The van der Waals surface area contributed by atoms with E-state index in [0.29, 0.717) is 5.92 Å². The number of fused-ring (bicyclic) bond motifs is 1. The Balaban J connectivity index is 1.75. The SMILES string of the molecule is CC(CN(C)C)Cn1cc(-c2cncc(-c3ccccc3)c2)c2ccccc21. The van der Waals surface area contributed by atoms with Gasteiger partial charge in [-0.1, -0.05) is 55.5 Å². The monoisotopic (exact) mass is 369 g/mol. The normalized spacial score (nSPS) is 12.6. The van der Waals surface area contributed by atoms with E-state index in [1.54, 1.807) is 0 Å². The summed E-state index contributed by atoms with van der Waals surface area (Å²) < 4.78 is 2.40. The molecule has 28 heavy (non-hydrogen) atoms. The van der Waals surface area contributed by atoms with Crippen molar-refractivity contribution < 1.29 is 0 Å². The number of pyridine rings is 1. The molecule has 1 atom stereocenters. The molecule has 0 fully saturated rings. The van der Waals surface area contributed by atoms with Gasteiger partial charge in [-0.15, -0.1) is 0 Å². The molecule has 4 aromatic rings. The summed E-state index contributed by atoms with van der Waals surface area (Å²) in [5, 5.41) is 1.28. The lowest BCUT2D eigenvalue weighted by atomic mass is 10.0. The molecule has 0 bridgehead atoms. The van der Waals surface area contributed by atoms with Crippen LogP contribution in [-0.4, -0.2) is 35.1 Å². The van der Waals surface area contributed by atoms with Gasteiger partial charge in [0.2, 0.25) is 0 Å². The topological polar surface area (TPSA) is 21.1 Å². The lowest BCUT2D eigenvalue weighted by Crippen LogP contribution is -2.22. The highest BCUT2D eigenvalue weighted by Gasteiger charge is 2.13. The van der Waals surface area contributed by atoms with Crippen LogP contribution in [0, 0.1) is 5.92 Å². The van der Waals surface area contributed by atoms with Crippen LogP contribution in [0.2, 0.25) is 0 Å². The Bertz CT molecular complexity index is 1060. The van der Waals surface area contributed by atoms with E-state index in [9.17, 15) is 0 Å². The molecule has 3 heteroatoms. The highest BCUT2D eigenvalue weighted by Crippen LogP contribution is 2.33. The summed E-state index contributed by atoms with van der Waals surface area (Å²) in [4.78, 5) is 6.79. The van der Waals surface area contributed by atoms with Gasteiger partial charge in [-0.3, -0.25) is 4.98 Å². The maximum absolute atomic E-state index is 4.54. The number of para-hydroxylation sites is 1. The molecule has 0 spiro atoms. The Morgan fingerprint density at radius 3 is 2.39 bits per heavy atom. The molecule has 4 rings (SSSR count). The molecule has 0 N–H and O–H groups in total. The van der Waals surface area contributed by atoms with E-state index in [2.05, 4.69) is 96.3 Å². The van der Waals surface area contributed by atoms with Crippen molar-refractivity contribution in [1.29, 1.82) is 0 Å². The quantitative estimate of drug-likeness (QED) is 0.443. The summed E-state index contributed by atoms with van der Waals surface area (Å²) in [5.74, 6) is 0.576. The average Bonchev–Trinajstić information content (AvgIpc) is 3.07. The second-order valence-electron chi connectivity index (χ2n) is 7.91. The van der Waals surface area contributed by atoms with Crippen molar-refractivity contribution in [1.82, 2.24) is 14.5 Å². The zero-order valence-electron chi connectivity index (χ0n) is 16.8. The Kier molecular flexibility index (Phi) is 5.27. The highest BCUT2D eigenvalue weighted by atomic mass is 15.1. The minimum absolute atomic E-state index is 0.576. The Labute approximate surface area is 167 Å². The molecule has 142 valence electrons. The summed E-state index contributed by atoms with van der Waals surface area (Å²) >= 11 is 0. The van der Waals surface area contributed by atoms with Gasteiger partial charge in [0.15, 0.2) is 0 Å². The van der Waals surface area contributed by atoms with E-state index in [0.717, 1.165) is 24.2 Å². The molecular formula is C25H27N3. The maximum atomic E-state index is 4.54. The summed E-state index contributed by atoms with van der Waals surface area (Å²) in [7, 11) is 4.27. The van der Waals surface area contributed by atoms with E-state index in [1.807, 2.05) is 18.5 Å². The van der Waals surface area contributed by atoms with Gasteiger partial charge in [0, 0.05) is 59.3 Å². The van der Waals surface area contributed by atoms with Crippen LogP contribution in [0.5, 0.6) is 0 Å². The molecule has 2 aromatic heterocycles. The third-order valence-electron chi connectivity index (χ3n) is 5.13. The van der Waals surface area contributed by atoms with Gasteiger partial charge in [0.25, 0.3) is 0 Å². The fourth-order valence-electron chi connectivity index (χ4n) is 4.02. The number of hydrogen-bond acceptors (Lipinski definition) is 2. The second kappa shape index (κ2) is 7.99. The first-order valence-corrected chi connectivity index (χ1v) is 9.85. The summed E-state index contributed by atoms with van der Waals surface area (Å²) in [5.41, 5.74) is 6.04. The lowest BCUT2D eigenvalue weighted by molar-refractivity contribution is 0.318. The van der Waals surface area contributed by atoms with Gasteiger partial charge in [0.05, 0.1) is 0 Å². The standard InChI is InChI=1S/C25H27N3/c1-19(16-27(2)3)17-28-18-24(23-11-7-8-12-25(23)28)22-13-21(14-26-15-22)20-9-5-4-6-10-20/h4-15,18-19H,16-17H2,1-3H3. The van der Waals surface area contributed by atoms with Gasteiger partial charge < -0.3 is 9.47 Å². The van der Waals surface area contributed by atoms with Gasteiger partial charge in [-0.05, 0) is 37.7 Å². The third kappa shape index (κ3) is 3.85. The van der Waals surface area contributed by atoms with Crippen LogP contribution >= 0.6 is 0 Å². The predicted molar refractivity (Wildman–Crippen MR) is 118 cm³/mol. The fourth-order valence-corrected chi connectivity index (χ4v) is 4.02. The molecule has 2 heterocycles. The number of hydrogen-bond donors (Lipinski definition) is 0. The van der Waals surface area contributed by atoms with E-state index in [1.165, 1.54) is 22.0 Å². The van der Waals surface area contributed by atoms with E-state index < -0.39 is 0 Å². The van der Waals surface area contributed by atoms with Crippen molar-refractivity contribution in [2.75, 3.05) is 20.6 Å². The van der Waals surface area contributed by atoms with Crippen LogP contribution < -0.4 is 0 Å². The Morgan fingerprint density at radius 2 is 1.61 bits per heavy atom. The Morgan fingerprint density at radius 1 is 0.893 bits per heavy atom. The molecule has 1 unspecified atom stereocenters. The highest BCUT2D eigenvalue weighted by molar-refractivity contribution is 5.96. The summed E-state index contributed by atoms with van der Waals surface area (Å²) in [6.07, 6.45) is 6.21. The van der Waals surface area contributed by atoms with Gasteiger partial charge >= 0.3 is 0 Å². The maximum Gasteiger partial charge on any atom is 0.0486 e. The molecule has 0 saturated heterocycles. The molecular weight excluding hydrogens is 342 g/mol. The van der Waals surface area contributed by atoms with Crippen LogP contribution in [0.25, 0.3) is 33.2 Å². The molecule has 0 aliphatic carbocycles. The van der Waals surface area contributed by atoms with E-state index >= 15 is 0 Å². The van der Waals surface area contributed by atoms with Gasteiger partial charge in [0.1, 0.15) is 0 Å². The molecule has 3 nitrogen and oxygen atoms in total. The molecule has 0 amide bonds. The number of aromatic nitrogens is 2. The molecule has 0 saturated carbocycles. The first-order chi connectivity index (χ1) is 13.6. The molecule has 0 radical (unpaired) electrons. The first-order valence-electron chi connectivity index (χ1n) is 9.85. The lowest BCUT2D eigenvalue weighted by Gasteiger charge is -2.18. The van der Waals surface area contributed by atoms with Crippen LogP contribution in [-0.2, 0) is 6.54 Å². The van der Waals surface area contributed by atoms with Crippen molar-refractivity contribution >= 4 is 10.9 Å². The third-order valence-corrected chi connectivity index (χ3v) is 5.13. The fraction of sp³-hybridized carbons (Fsp3) is 0.240. The molecule has 0 aliphatic heterocycles. The number of rotatable bonds is 6. The van der Waals surface area contributed by atoms with Crippen molar-refractivity contribution in [3.8, 4) is 22.3 Å². The van der Waals surface area contributed by atoms with E-state index in [4.69, 9.17) is 0 Å². The van der Waals surface area contributed by atoms with Crippen molar-refractivity contribution in [3.63, 3.8) is 0 Å². The van der Waals surface area contributed by atoms with Crippen molar-refractivity contribution in [3.05, 3.63) is 79.3 Å². The van der Waals surface area contributed by atoms with Gasteiger partial charge in [-0.2, -0.15) is 0 Å². The zero-order valence-corrected chi connectivity index (χ0v) is 16.8. The summed E-state index contributed by atoms with van der Waals surface area (Å²) in [6.45, 7) is 4.39. The minimum Gasteiger partial charge on any atom is -0.347 e. The largest absolute Gasteiger partial charge is 0.347 e. The predicted octanol–water partition coefficient (Wildman–Crippen LogP) is 5.57. The van der Waals surface area contributed by atoms with Gasteiger partial charge in [-0.25, -0.2) is 0 Å². The zero-order chi connectivity index (χ0) is 19.5. The van der Waals surface area contributed by atoms with E-state index in [-0.39, 0.29) is 0 Å². The second-order valence-corrected chi connectivity index (χ2v) is 7.91. The van der Waals surface area contributed by atoms with Crippen LogP contribution in [0.3, 0.4) is 0 Å². The first kappa shape index (κ1) is 18.5. The Hall–Kier alpha value is -2.91. The smallest absolute Gasteiger partial charge is 0.0486 e.